The van der Waals surface area contributed by atoms with Gasteiger partial charge in [0.05, 0.1) is 7.11 Å². The van der Waals surface area contributed by atoms with Gasteiger partial charge in [0.25, 0.3) is 11.8 Å². The number of hydrogen-bond acceptors (Lipinski definition) is 5. The Kier molecular flexibility index (Phi) is 4.90. The van der Waals surface area contributed by atoms with Gasteiger partial charge in [0.1, 0.15) is 17.5 Å². The molecule has 2 aromatic carbocycles. The number of nitrogens with one attached hydrogen (secondary N) is 3. The zero-order chi connectivity index (χ0) is 21.5. The highest BCUT2D eigenvalue weighted by Crippen LogP contribution is 2.45. The molecule has 31 heavy (non-hydrogen) atoms. The Labute approximate surface area is 181 Å². The van der Waals surface area contributed by atoms with E-state index < -0.39 is 5.91 Å². The molecule has 5 rings (SSSR count). The monoisotopic (exact) mass is 418 g/mol. The molecular formula is C24H26N4O3. The van der Waals surface area contributed by atoms with Crippen molar-refractivity contribution in [2.24, 2.45) is 5.92 Å². The van der Waals surface area contributed by atoms with Gasteiger partial charge in [0.2, 0.25) is 0 Å². The first kappa shape index (κ1) is 19.6. The number of nitrogens with zero attached hydrogens (tertiary/aromatic N) is 1. The number of hydrogen-bond donors (Lipinski definition) is 3. The lowest BCUT2D eigenvalue weighted by molar-refractivity contribution is -0.134. The Balaban J connectivity index is 1.43. The standard InChI is InChI=1S/C24H26N4O3/c1-14-19(23(29)26-17-9-6-10-18(13-17)31-2)24(30)28-22(25-14)20(15-7-4-3-5-8-15)21(27-28)16-11-12-16/h3-10,13,16,20-22,25,27H,11-12H2,1-2H3,(H,26,29). The van der Waals surface area contributed by atoms with Gasteiger partial charge in [-0.1, -0.05) is 36.4 Å². The van der Waals surface area contributed by atoms with E-state index >= 15 is 0 Å². The van der Waals surface area contributed by atoms with Crippen LogP contribution in [0, 0.1) is 5.92 Å². The van der Waals surface area contributed by atoms with Crippen LogP contribution in [0.3, 0.4) is 0 Å². The van der Waals surface area contributed by atoms with Crippen molar-refractivity contribution in [2.45, 2.75) is 37.9 Å². The molecular weight excluding hydrogens is 392 g/mol. The van der Waals surface area contributed by atoms with E-state index in [4.69, 9.17) is 4.74 Å². The summed E-state index contributed by atoms with van der Waals surface area (Å²) >= 11 is 0. The van der Waals surface area contributed by atoms with Crippen LogP contribution >= 0.6 is 0 Å². The van der Waals surface area contributed by atoms with Gasteiger partial charge in [0.15, 0.2) is 0 Å². The summed E-state index contributed by atoms with van der Waals surface area (Å²) in [4.78, 5) is 26.4. The number of carbonyl (C=O) groups is 2. The second-order valence-electron chi connectivity index (χ2n) is 8.38. The van der Waals surface area contributed by atoms with Crippen molar-refractivity contribution >= 4 is 17.5 Å². The molecule has 1 saturated carbocycles. The van der Waals surface area contributed by atoms with Crippen LogP contribution in [0.1, 0.15) is 31.2 Å². The Morgan fingerprint density at radius 2 is 1.90 bits per heavy atom. The van der Waals surface area contributed by atoms with Crippen LogP contribution < -0.4 is 20.8 Å². The summed E-state index contributed by atoms with van der Waals surface area (Å²) in [6.45, 7) is 1.79. The lowest BCUT2D eigenvalue weighted by Gasteiger charge is -2.34. The van der Waals surface area contributed by atoms with Crippen LogP contribution in [0.4, 0.5) is 5.69 Å². The van der Waals surface area contributed by atoms with Gasteiger partial charge in [-0.2, -0.15) is 0 Å². The molecule has 0 bridgehead atoms. The maximum atomic E-state index is 13.4. The zero-order valence-corrected chi connectivity index (χ0v) is 17.6. The van der Waals surface area contributed by atoms with Crippen LogP contribution in [-0.2, 0) is 9.59 Å². The lowest BCUT2D eigenvalue weighted by atomic mass is 9.87. The van der Waals surface area contributed by atoms with E-state index in [0.29, 0.717) is 23.1 Å². The molecule has 2 aromatic rings. The molecule has 3 atom stereocenters. The lowest BCUT2D eigenvalue weighted by Crippen LogP contribution is -2.56. The molecule has 7 nitrogen and oxygen atoms in total. The number of benzene rings is 2. The van der Waals surface area contributed by atoms with E-state index in [0.717, 1.165) is 12.8 Å². The SMILES string of the molecule is COc1cccc(NC(=O)C2=C(C)NC3C(c4ccccc4)C(C4CC4)NN3C2=O)c1. The van der Waals surface area contributed by atoms with Crippen molar-refractivity contribution in [3.8, 4) is 5.75 Å². The second-order valence-corrected chi connectivity index (χ2v) is 8.38. The van der Waals surface area contributed by atoms with Crippen molar-refractivity contribution in [3.05, 3.63) is 71.4 Å². The van der Waals surface area contributed by atoms with Crippen molar-refractivity contribution in [2.75, 3.05) is 12.4 Å². The third kappa shape index (κ3) is 3.55. The fourth-order valence-corrected chi connectivity index (χ4v) is 4.67. The highest BCUT2D eigenvalue weighted by molar-refractivity contribution is 6.23. The number of rotatable bonds is 5. The first-order valence-corrected chi connectivity index (χ1v) is 10.6. The van der Waals surface area contributed by atoms with Crippen LogP contribution in [0.15, 0.2) is 65.9 Å². The van der Waals surface area contributed by atoms with E-state index in [2.05, 4.69) is 28.2 Å². The molecule has 3 unspecified atom stereocenters. The number of carbonyl (C=O) groups excluding carboxylic acids is 2. The smallest absolute Gasteiger partial charge is 0.277 e. The van der Waals surface area contributed by atoms with Gasteiger partial charge in [-0.3, -0.25) is 14.6 Å². The number of allylic oxidation sites excluding steroid dienone is 1. The van der Waals surface area contributed by atoms with E-state index in [-0.39, 0.29) is 29.6 Å². The Morgan fingerprint density at radius 1 is 1.13 bits per heavy atom. The predicted molar refractivity (Wildman–Crippen MR) is 117 cm³/mol. The Morgan fingerprint density at radius 3 is 2.61 bits per heavy atom. The number of amides is 2. The molecule has 160 valence electrons. The summed E-state index contributed by atoms with van der Waals surface area (Å²) in [6.07, 6.45) is 2.09. The third-order valence-corrected chi connectivity index (χ3v) is 6.33. The van der Waals surface area contributed by atoms with Crippen molar-refractivity contribution in [1.82, 2.24) is 15.8 Å². The molecule has 7 heteroatoms. The summed E-state index contributed by atoms with van der Waals surface area (Å²) in [7, 11) is 1.57. The Hall–Kier alpha value is -3.32. The van der Waals surface area contributed by atoms with Crippen LogP contribution in [0.2, 0.25) is 0 Å². The topological polar surface area (TPSA) is 82.7 Å². The summed E-state index contributed by atoms with van der Waals surface area (Å²) in [5.74, 6) is 0.562. The third-order valence-electron chi connectivity index (χ3n) is 6.33. The van der Waals surface area contributed by atoms with E-state index in [1.807, 2.05) is 18.2 Å². The average molecular weight is 418 g/mol. The van der Waals surface area contributed by atoms with E-state index in [9.17, 15) is 9.59 Å². The molecule has 0 radical (unpaired) electrons. The van der Waals surface area contributed by atoms with Gasteiger partial charge < -0.3 is 15.4 Å². The molecule has 2 fully saturated rings. The largest absolute Gasteiger partial charge is 0.497 e. The van der Waals surface area contributed by atoms with Crippen molar-refractivity contribution in [1.29, 1.82) is 0 Å². The van der Waals surface area contributed by atoms with Crippen molar-refractivity contribution in [3.63, 3.8) is 0 Å². The summed E-state index contributed by atoms with van der Waals surface area (Å²) in [5, 5.41) is 7.89. The Bertz CT molecular complexity index is 1050. The van der Waals surface area contributed by atoms with E-state index in [1.54, 1.807) is 43.3 Å². The molecule has 2 amide bonds. The molecule has 3 N–H and O–H groups in total. The van der Waals surface area contributed by atoms with Crippen LogP contribution in [-0.4, -0.2) is 36.1 Å². The molecule has 2 heterocycles. The van der Waals surface area contributed by atoms with Crippen LogP contribution in [0.5, 0.6) is 5.75 Å². The molecule has 0 aromatic heterocycles. The fraction of sp³-hybridized carbons (Fsp3) is 0.333. The summed E-state index contributed by atoms with van der Waals surface area (Å²) in [5.41, 5.74) is 5.90. The molecule has 2 aliphatic heterocycles. The van der Waals surface area contributed by atoms with Gasteiger partial charge in [-0.15, -0.1) is 0 Å². The quantitative estimate of drug-likeness (QED) is 0.651. The molecule has 1 saturated heterocycles. The summed E-state index contributed by atoms with van der Waals surface area (Å²) < 4.78 is 5.21. The van der Waals surface area contributed by atoms with Crippen LogP contribution in [0.25, 0.3) is 0 Å². The van der Waals surface area contributed by atoms with Gasteiger partial charge >= 0.3 is 0 Å². The minimum absolute atomic E-state index is 0.120. The minimum Gasteiger partial charge on any atom is -0.497 e. The number of fused-ring (bicyclic) bond motifs is 1. The van der Waals surface area contributed by atoms with Crippen molar-refractivity contribution < 1.29 is 14.3 Å². The van der Waals surface area contributed by atoms with Gasteiger partial charge in [-0.25, -0.2) is 5.43 Å². The first-order chi connectivity index (χ1) is 15.1. The number of methoxy groups -OCH3 is 1. The fourth-order valence-electron chi connectivity index (χ4n) is 4.67. The van der Waals surface area contributed by atoms with Gasteiger partial charge in [-0.05, 0) is 43.4 Å². The molecule has 1 aliphatic carbocycles. The number of anilines is 1. The maximum Gasteiger partial charge on any atom is 0.277 e. The molecule has 0 spiro atoms. The average Bonchev–Trinajstić information content (AvgIpc) is 3.55. The second kappa shape index (κ2) is 7.74. The predicted octanol–water partition coefficient (Wildman–Crippen LogP) is 2.75. The highest BCUT2D eigenvalue weighted by atomic mass is 16.5. The highest BCUT2D eigenvalue weighted by Gasteiger charge is 2.53. The maximum absolute atomic E-state index is 13.4. The zero-order valence-electron chi connectivity index (χ0n) is 17.6. The molecule has 3 aliphatic rings. The number of hydrazine groups is 1. The normalized spacial score (nSPS) is 25.2. The van der Waals surface area contributed by atoms with E-state index in [1.165, 1.54) is 5.56 Å². The van der Waals surface area contributed by atoms with Gasteiger partial charge in [0, 0.05) is 29.4 Å². The first-order valence-electron chi connectivity index (χ1n) is 10.6. The summed E-state index contributed by atoms with van der Waals surface area (Å²) in [6, 6.07) is 17.5. The minimum atomic E-state index is -0.436. The number of ether oxygens (including phenoxy) is 1.